The number of carbonyl (C=O) groups is 3. The highest BCUT2D eigenvalue weighted by Gasteiger charge is 2.42. The minimum atomic E-state index is -0.299. The number of nitrogens with one attached hydrogen (secondary N) is 1. The highest BCUT2D eigenvalue weighted by atomic mass is 16.2. The Labute approximate surface area is 204 Å². The van der Waals surface area contributed by atoms with E-state index in [2.05, 4.69) is 16.3 Å². The zero-order valence-electron chi connectivity index (χ0n) is 19.9. The molecule has 180 valence electrons. The molecule has 4 heterocycles. The van der Waals surface area contributed by atoms with E-state index in [0.29, 0.717) is 12.1 Å². The first-order chi connectivity index (χ1) is 17.0. The Hall–Kier alpha value is -3.81. The molecule has 0 bridgehead atoms. The molecule has 6 rings (SSSR count). The molecule has 0 spiro atoms. The number of amides is 3. The number of rotatable bonds is 4. The van der Waals surface area contributed by atoms with E-state index >= 15 is 0 Å². The number of nitrogens with zero attached hydrogens (tertiary/aromatic N) is 4. The molecule has 1 unspecified atom stereocenters. The van der Waals surface area contributed by atoms with Gasteiger partial charge in [-0.15, -0.1) is 0 Å². The quantitative estimate of drug-likeness (QED) is 0.634. The van der Waals surface area contributed by atoms with E-state index in [4.69, 9.17) is 0 Å². The average molecular weight is 472 g/mol. The smallest absolute Gasteiger partial charge is 0.257 e. The summed E-state index contributed by atoms with van der Waals surface area (Å²) in [6.45, 7) is 2.27. The molecular weight excluding hydrogens is 442 g/mol. The first-order valence-corrected chi connectivity index (χ1v) is 12.3. The van der Waals surface area contributed by atoms with Gasteiger partial charge in [-0.2, -0.15) is 0 Å². The largest absolute Gasteiger partial charge is 0.349 e. The van der Waals surface area contributed by atoms with Gasteiger partial charge in [-0.3, -0.25) is 14.4 Å². The van der Waals surface area contributed by atoms with Crippen molar-refractivity contribution in [2.75, 3.05) is 38.1 Å². The molecule has 8 nitrogen and oxygen atoms in total. The van der Waals surface area contributed by atoms with Crippen molar-refractivity contribution in [3.05, 3.63) is 65.4 Å². The van der Waals surface area contributed by atoms with Gasteiger partial charge in [-0.05, 0) is 43.0 Å². The summed E-state index contributed by atoms with van der Waals surface area (Å²) in [7, 11) is 2.01. The van der Waals surface area contributed by atoms with Gasteiger partial charge in [0, 0.05) is 37.6 Å². The number of aromatic nitrogens is 1. The number of fused-ring (bicyclic) bond motifs is 6. The molecule has 1 aromatic heterocycles. The van der Waals surface area contributed by atoms with Gasteiger partial charge in [0.1, 0.15) is 12.7 Å². The Morgan fingerprint density at radius 2 is 1.74 bits per heavy atom. The Bertz CT molecular complexity index is 1340. The zero-order valence-corrected chi connectivity index (χ0v) is 19.9. The molecule has 3 aliphatic rings. The van der Waals surface area contributed by atoms with E-state index in [1.165, 1.54) is 5.56 Å². The van der Waals surface area contributed by atoms with Crippen molar-refractivity contribution in [3.63, 3.8) is 0 Å². The molecular formula is C27H29N5O3. The molecule has 3 amide bonds. The summed E-state index contributed by atoms with van der Waals surface area (Å²) < 4.78 is 2.04. The van der Waals surface area contributed by atoms with Gasteiger partial charge < -0.3 is 24.6 Å². The van der Waals surface area contributed by atoms with Gasteiger partial charge in [0.05, 0.1) is 23.5 Å². The maximum Gasteiger partial charge on any atom is 0.257 e. The van der Waals surface area contributed by atoms with Crippen LogP contribution in [0.15, 0.2) is 48.5 Å². The second-order valence-corrected chi connectivity index (χ2v) is 9.58. The minimum Gasteiger partial charge on any atom is -0.349 e. The van der Waals surface area contributed by atoms with E-state index in [9.17, 15) is 14.4 Å². The Kier molecular flexibility index (Phi) is 5.24. The molecule has 8 heteroatoms. The molecule has 0 aliphatic carbocycles. The number of hydrogen-bond donors (Lipinski definition) is 1. The lowest BCUT2D eigenvalue weighted by Gasteiger charge is -2.46. The molecule has 2 aromatic carbocycles. The fourth-order valence-corrected chi connectivity index (χ4v) is 5.93. The van der Waals surface area contributed by atoms with Gasteiger partial charge in [0.25, 0.3) is 5.91 Å². The molecule has 0 saturated carbocycles. The van der Waals surface area contributed by atoms with E-state index in [1.807, 2.05) is 63.9 Å². The summed E-state index contributed by atoms with van der Waals surface area (Å²) in [6, 6.07) is 15.8. The van der Waals surface area contributed by atoms with Gasteiger partial charge in [-0.1, -0.05) is 30.3 Å². The fourth-order valence-electron chi connectivity index (χ4n) is 5.93. The number of para-hydroxylation sites is 2. The molecule has 3 aliphatic heterocycles. The van der Waals surface area contributed by atoms with Crippen molar-refractivity contribution in [2.45, 2.75) is 32.0 Å². The average Bonchev–Trinajstić information content (AvgIpc) is 3.53. The third kappa shape index (κ3) is 3.47. The second kappa shape index (κ2) is 8.45. The van der Waals surface area contributed by atoms with Crippen LogP contribution in [-0.4, -0.2) is 65.3 Å². The van der Waals surface area contributed by atoms with Crippen LogP contribution < -0.4 is 10.2 Å². The molecule has 1 saturated heterocycles. The van der Waals surface area contributed by atoms with Crippen LogP contribution in [0.5, 0.6) is 0 Å². The number of hydrogen-bond acceptors (Lipinski definition) is 4. The molecule has 3 aromatic rings. The second-order valence-electron chi connectivity index (χ2n) is 9.58. The van der Waals surface area contributed by atoms with Crippen molar-refractivity contribution in [1.29, 1.82) is 0 Å². The zero-order chi connectivity index (χ0) is 24.1. The first kappa shape index (κ1) is 21.7. The Balaban J connectivity index is 1.36. The highest BCUT2D eigenvalue weighted by molar-refractivity contribution is 6.02. The van der Waals surface area contributed by atoms with Gasteiger partial charge in [0.15, 0.2) is 0 Å². The molecule has 0 radical (unpaired) electrons. The van der Waals surface area contributed by atoms with E-state index in [0.717, 1.165) is 54.6 Å². The van der Waals surface area contributed by atoms with Gasteiger partial charge >= 0.3 is 0 Å². The number of benzene rings is 2. The van der Waals surface area contributed by atoms with Crippen LogP contribution in [0.2, 0.25) is 0 Å². The SMILES string of the molecule is CN1c2ccccc2C(=O)N2CCc3c(n(CC(=O)NCC(=O)N4CCCC4)c4ccccc34)C21. The normalized spacial score (nSPS) is 18.9. The first-order valence-electron chi connectivity index (χ1n) is 12.3. The lowest BCUT2D eigenvalue weighted by molar-refractivity contribution is -0.132. The topological polar surface area (TPSA) is 77.9 Å². The highest BCUT2D eigenvalue weighted by Crippen LogP contribution is 2.44. The summed E-state index contributed by atoms with van der Waals surface area (Å²) in [5, 5.41) is 3.95. The predicted molar refractivity (Wildman–Crippen MR) is 133 cm³/mol. The van der Waals surface area contributed by atoms with Crippen LogP contribution in [0, 0.1) is 0 Å². The van der Waals surface area contributed by atoms with E-state index in [-0.39, 0.29) is 37.0 Å². The van der Waals surface area contributed by atoms with Crippen molar-refractivity contribution in [1.82, 2.24) is 19.7 Å². The van der Waals surface area contributed by atoms with Crippen molar-refractivity contribution < 1.29 is 14.4 Å². The van der Waals surface area contributed by atoms with Crippen LogP contribution in [0.4, 0.5) is 5.69 Å². The standard InChI is InChI=1S/C27H29N5O3/c1-29-21-10-4-3-9-20(21)27(35)31-15-12-19-18-8-2-5-11-22(18)32(25(19)26(29)31)17-23(33)28-16-24(34)30-13-6-7-14-30/h2-5,8-11,26H,6-7,12-17H2,1H3,(H,28,33). The third-order valence-corrected chi connectivity index (χ3v) is 7.60. The summed E-state index contributed by atoms with van der Waals surface area (Å²) in [6.07, 6.45) is 2.48. The lowest BCUT2D eigenvalue weighted by atomic mass is 9.96. The Morgan fingerprint density at radius 3 is 2.57 bits per heavy atom. The third-order valence-electron chi connectivity index (χ3n) is 7.60. The predicted octanol–water partition coefficient (Wildman–Crippen LogP) is 2.53. The summed E-state index contributed by atoms with van der Waals surface area (Å²) in [5.74, 6) is -0.217. The van der Waals surface area contributed by atoms with Gasteiger partial charge in [0.2, 0.25) is 11.8 Å². The maximum atomic E-state index is 13.4. The van der Waals surface area contributed by atoms with Crippen molar-refractivity contribution in [3.8, 4) is 0 Å². The number of carbonyl (C=O) groups excluding carboxylic acids is 3. The van der Waals surface area contributed by atoms with Crippen LogP contribution >= 0.6 is 0 Å². The minimum absolute atomic E-state index is 0.0154. The van der Waals surface area contributed by atoms with E-state index in [1.54, 1.807) is 0 Å². The van der Waals surface area contributed by atoms with Crippen LogP contribution in [0.1, 0.15) is 40.6 Å². The molecule has 1 N–H and O–H groups in total. The van der Waals surface area contributed by atoms with Crippen molar-refractivity contribution >= 4 is 34.3 Å². The lowest BCUT2D eigenvalue weighted by Crippen LogP contribution is -2.51. The summed E-state index contributed by atoms with van der Waals surface area (Å²) in [5.41, 5.74) is 4.73. The fraction of sp³-hybridized carbons (Fsp3) is 0.370. The maximum absolute atomic E-state index is 13.4. The van der Waals surface area contributed by atoms with E-state index < -0.39 is 0 Å². The molecule has 1 fully saturated rings. The van der Waals surface area contributed by atoms with Crippen LogP contribution in [-0.2, 0) is 22.6 Å². The molecule has 1 atom stereocenters. The number of anilines is 1. The summed E-state index contributed by atoms with van der Waals surface area (Å²) >= 11 is 0. The van der Waals surface area contributed by atoms with Crippen LogP contribution in [0.3, 0.4) is 0 Å². The molecule has 35 heavy (non-hydrogen) atoms. The Morgan fingerprint density at radius 1 is 1.00 bits per heavy atom. The monoisotopic (exact) mass is 471 g/mol. The number of likely N-dealkylation sites (tertiary alicyclic amines) is 1. The summed E-state index contributed by atoms with van der Waals surface area (Å²) in [4.78, 5) is 44.8. The van der Waals surface area contributed by atoms with Crippen LogP contribution in [0.25, 0.3) is 10.9 Å². The van der Waals surface area contributed by atoms with Crippen molar-refractivity contribution in [2.24, 2.45) is 0 Å². The van der Waals surface area contributed by atoms with Gasteiger partial charge in [-0.25, -0.2) is 0 Å².